The molecule has 0 unspecified atom stereocenters. The van der Waals surface area contributed by atoms with Crippen LogP contribution in [0, 0.1) is 0 Å². The van der Waals surface area contributed by atoms with E-state index in [0.29, 0.717) is 18.3 Å². The zero-order chi connectivity index (χ0) is 37.6. The highest BCUT2D eigenvalue weighted by Gasteiger charge is 2.46. The van der Waals surface area contributed by atoms with Crippen LogP contribution in [0.15, 0.2) is 203 Å². The Labute approximate surface area is 324 Å². The van der Waals surface area contributed by atoms with Crippen LogP contribution >= 0.6 is 0 Å². The summed E-state index contributed by atoms with van der Waals surface area (Å²) >= 11 is 0. The SMILES string of the molecule is C/C=C\C.C=NC(=N/C(=N\Cn1c2ccccc2c2cc3c(cc21)C(c1ccccc1)(c1ccccc1)c1ccccc1-3)c1ccccc1)C1=CCCC=C1. The largest absolute Gasteiger partial charge is 0.320 e. The van der Waals surface area contributed by atoms with Gasteiger partial charge in [-0.25, -0.2) is 15.0 Å². The second-order valence-electron chi connectivity index (χ2n) is 13.8. The van der Waals surface area contributed by atoms with Crippen LogP contribution in [0.4, 0.5) is 0 Å². The first-order valence-corrected chi connectivity index (χ1v) is 19.0. The molecule has 0 bridgehead atoms. The molecule has 0 aliphatic heterocycles. The maximum absolute atomic E-state index is 5.26. The van der Waals surface area contributed by atoms with E-state index in [-0.39, 0.29) is 0 Å². The molecule has 0 fully saturated rings. The van der Waals surface area contributed by atoms with Crippen LogP contribution in [0.5, 0.6) is 0 Å². The number of fused-ring (bicyclic) bond motifs is 6. The topological polar surface area (TPSA) is 42.0 Å². The van der Waals surface area contributed by atoms with Crippen molar-refractivity contribution in [3.63, 3.8) is 0 Å². The zero-order valence-corrected chi connectivity index (χ0v) is 31.4. The summed E-state index contributed by atoms with van der Waals surface area (Å²) in [6.07, 6.45) is 12.4. The molecule has 6 aromatic carbocycles. The van der Waals surface area contributed by atoms with Crippen molar-refractivity contribution in [2.45, 2.75) is 38.8 Å². The number of nitrogens with zero attached hydrogens (tertiary/aromatic N) is 4. The number of para-hydroxylation sites is 1. The van der Waals surface area contributed by atoms with Gasteiger partial charge in [-0.1, -0.05) is 164 Å². The van der Waals surface area contributed by atoms with Gasteiger partial charge in [-0.2, -0.15) is 0 Å². The second-order valence-corrected chi connectivity index (χ2v) is 13.8. The molecule has 9 rings (SSSR count). The van der Waals surface area contributed by atoms with Crippen molar-refractivity contribution < 1.29 is 0 Å². The Morgan fingerprint density at radius 3 is 1.93 bits per heavy atom. The van der Waals surface area contributed by atoms with Gasteiger partial charge in [-0.3, -0.25) is 0 Å². The van der Waals surface area contributed by atoms with Gasteiger partial charge >= 0.3 is 0 Å². The first-order chi connectivity index (χ1) is 27.2. The van der Waals surface area contributed by atoms with E-state index in [0.717, 1.165) is 35.0 Å². The van der Waals surface area contributed by atoms with Gasteiger partial charge in [0, 0.05) is 21.9 Å². The fourth-order valence-electron chi connectivity index (χ4n) is 8.12. The molecule has 0 radical (unpaired) electrons. The van der Waals surface area contributed by atoms with E-state index in [1.165, 1.54) is 44.2 Å². The molecule has 55 heavy (non-hydrogen) atoms. The van der Waals surface area contributed by atoms with Gasteiger partial charge in [-0.05, 0) is 85.0 Å². The highest BCUT2D eigenvalue weighted by Crippen LogP contribution is 2.57. The molecule has 0 amide bonds. The van der Waals surface area contributed by atoms with Crippen molar-refractivity contribution in [1.29, 1.82) is 0 Å². The average molecular weight is 713 g/mol. The number of rotatable bonds is 6. The molecule has 0 N–H and O–H groups in total. The summed E-state index contributed by atoms with van der Waals surface area (Å²) < 4.78 is 2.34. The second kappa shape index (κ2) is 15.8. The maximum Gasteiger partial charge on any atom is 0.160 e. The molecule has 0 spiro atoms. The van der Waals surface area contributed by atoms with Crippen molar-refractivity contribution in [1.82, 2.24) is 4.57 Å². The predicted molar refractivity (Wildman–Crippen MR) is 234 cm³/mol. The summed E-state index contributed by atoms with van der Waals surface area (Å²) in [6, 6.07) is 54.5. The van der Waals surface area contributed by atoms with Crippen LogP contribution in [-0.2, 0) is 12.1 Å². The first-order valence-electron chi connectivity index (χ1n) is 19.0. The summed E-state index contributed by atoms with van der Waals surface area (Å²) in [7, 11) is 0. The van der Waals surface area contributed by atoms with Gasteiger partial charge in [0.25, 0.3) is 0 Å². The van der Waals surface area contributed by atoms with Gasteiger partial charge in [0.15, 0.2) is 11.7 Å². The number of allylic oxidation sites excluding steroid dienone is 4. The highest BCUT2D eigenvalue weighted by atomic mass is 15.1. The van der Waals surface area contributed by atoms with Crippen molar-refractivity contribution >= 4 is 40.2 Å². The minimum absolute atomic E-state index is 0.381. The Kier molecular flexibility index (Phi) is 10.1. The minimum Gasteiger partial charge on any atom is -0.320 e. The number of aliphatic imine (C=N–C) groups is 3. The highest BCUT2D eigenvalue weighted by molar-refractivity contribution is 6.14. The third-order valence-corrected chi connectivity index (χ3v) is 10.7. The van der Waals surface area contributed by atoms with E-state index in [1.807, 2.05) is 44.2 Å². The van der Waals surface area contributed by atoms with Crippen LogP contribution in [0.1, 0.15) is 54.5 Å². The van der Waals surface area contributed by atoms with Crippen LogP contribution < -0.4 is 0 Å². The van der Waals surface area contributed by atoms with Gasteiger partial charge in [0.2, 0.25) is 0 Å². The van der Waals surface area contributed by atoms with Crippen molar-refractivity contribution in [2.24, 2.45) is 15.0 Å². The molecular weight excluding hydrogens is 669 g/mol. The lowest BCUT2D eigenvalue weighted by molar-refractivity contribution is 0.763. The van der Waals surface area contributed by atoms with Crippen LogP contribution in [0.25, 0.3) is 32.9 Å². The summed E-state index contributed by atoms with van der Waals surface area (Å²) in [5, 5.41) is 2.41. The number of benzene rings is 6. The van der Waals surface area contributed by atoms with E-state index in [1.54, 1.807) is 0 Å². The predicted octanol–water partition coefficient (Wildman–Crippen LogP) is 12.5. The average Bonchev–Trinajstić information content (AvgIpc) is 3.73. The quantitative estimate of drug-likeness (QED) is 0.0936. The van der Waals surface area contributed by atoms with E-state index in [2.05, 4.69) is 168 Å². The molecule has 2 aliphatic rings. The van der Waals surface area contributed by atoms with Gasteiger partial charge in [-0.15, -0.1) is 0 Å². The van der Waals surface area contributed by atoms with E-state index >= 15 is 0 Å². The Balaban J connectivity index is 0.00000102. The molecule has 1 heterocycles. The Bertz CT molecular complexity index is 2590. The normalized spacial score (nSPS) is 14.7. The fraction of sp³-hybridized carbons (Fsp3) is 0.118. The Morgan fingerprint density at radius 2 is 1.27 bits per heavy atom. The summed E-state index contributed by atoms with van der Waals surface area (Å²) in [4.78, 5) is 14.6. The van der Waals surface area contributed by atoms with Crippen molar-refractivity contribution in [3.8, 4) is 11.1 Å². The third-order valence-electron chi connectivity index (χ3n) is 10.7. The fourth-order valence-corrected chi connectivity index (χ4v) is 8.12. The van der Waals surface area contributed by atoms with E-state index in [4.69, 9.17) is 9.98 Å². The standard InChI is InChI=1S/C47H36N4.C4H8/c1-48-45(33-18-6-2-7-19-33)50-46(34-20-8-3-9-21-34)49-32-51-43-29-17-15-27-38(43)40-30-39-37-26-14-16-28-41(37)47(42(39)31-44(40)51,35-22-10-4-11-23-35)36-24-12-5-13-25-36;1-3-4-2/h3-6,8-31H,1-2,7,32H2;3-4H,1-2H3/b49-46-,50-45?;4-3-. The van der Waals surface area contributed by atoms with E-state index < -0.39 is 5.41 Å². The van der Waals surface area contributed by atoms with Gasteiger partial charge in [0.1, 0.15) is 6.67 Å². The maximum atomic E-state index is 5.26. The molecule has 2 aliphatic carbocycles. The molecule has 0 saturated carbocycles. The number of amidine groups is 2. The molecule has 0 atom stereocenters. The monoisotopic (exact) mass is 712 g/mol. The lowest BCUT2D eigenvalue weighted by Crippen LogP contribution is -2.28. The van der Waals surface area contributed by atoms with Crippen LogP contribution in [-0.4, -0.2) is 23.0 Å². The van der Waals surface area contributed by atoms with Gasteiger partial charge in [0.05, 0.1) is 16.4 Å². The number of hydrogen-bond donors (Lipinski definition) is 0. The zero-order valence-electron chi connectivity index (χ0n) is 31.4. The molecule has 0 saturated heterocycles. The van der Waals surface area contributed by atoms with Crippen molar-refractivity contribution in [3.05, 3.63) is 215 Å². The molecular formula is C51H44N4. The molecule has 4 nitrogen and oxygen atoms in total. The van der Waals surface area contributed by atoms with E-state index in [9.17, 15) is 0 Å². The summed E-state index contributed by atoms with van der Waals surface area (Å²) in [5.74, 6) is 1.21. The molecule has 268 valence electrons. The summed E-state index contributed by atoms with van der Waals surface area (Å²) in [5.41, 5.74) is 11.3. The third kappa shape index (κ3) is 6.40. The van der Waals surface area contributed by atoms with Crippen molar-refractivity contribution in [2.75, 3.05) is 0 Å². The van der Waals surface area contributed by atoms with Crippen LogP contribution in [0.3, 0.4) is 0 Å². The molecule has 7 aromatic rings. The van der Waals surface area contributed by atoms with Gasteiger partial charge < -0.3 is 4.57 Å². The summed E-state index contributed by atoms with van der Waals surface area (Å²) in [6.45, 7) is 8.25. The molecule has 1 aromatic heterocycles. The Hall–Kier alpha value is -6.65. The number of aromatic nitrogens is 1. The number of hydrogen-bond acceptors (Lipinski definition) is 1. The first kappa shape index (κ1) is 35.4. The Morgan fingerprint density at radius 1 is 0.636 bits per heavy atom. The molecule has 4 heteroatoms. The lowest BCUT2D eigenvalue weighted by atomic mass is 9.67. The van der Waals surface area contributed by atoms with Crippen LogP contribution in [0.2, 0.25) is 0 Å². The smallest absolute Gasteiger partial charge is 0.160 e. The lowest BCUT2D eigenvalue weighted by Gasteiger charge is -2.34. The minimum atomic E-state index is -0.488.